The molecule has 3 unspecified atom stereocenters. The van der Waals surface area contributed by atoms with E-state index in [1.54, 1.807) is 6.20 Å². The van der Waals surface area contributed by atoms with Crippen molar-refractivity contribution in [2.24, 2.45) is 17.6 Å². The van der Waals surface area contributed by atoms with Crippen molar-refractivity contribution in [2.45, 2.75) is 32.9 Å². The van der Waals surface area contributed by atoms with Crippen molar-refractivity contribution in [1.82, 2.24) is 9.78 Å². The van der Waals surface area contributed by atoms with Crippen LogP contribution in [0.3, 0.4) is 0 Å². The Kier molecular flexibility index (Phi) is 2.54. The lowest BCUT2D eigenvalue weighted by atomic mass is 10.1. The van der Waals surface area contributed by atoms with E-state index >= 15 is 0 Å². The molecule has 14 heavy (non-hydrogen) atoms. The summed E-state index contributed by atoms with van der Waals surface area (Å²) in [6, 6.07) is 0.0555. The zero-order chi connectivity index (χ0) is 10.3. The van der Waals surface area contributed by atoms with Crippen LogP contribution in [0.25, 0.3) is 0 Å². The molecule has 0 aliphatic heterocycles. The summed E-state index contributed by atoms with van der Waals surface area (Å²) in [5, 5.41) is 4.90. The number of aromatic nitrogens is 2. The molecule has 2 N–H and O–H groups in total. The van der Waals surface area contributed by atoms with Crippen molar-refractivity contribution in [1.29, 1.82) is 0 Å². The number of nitrogens with two attached hydrogens (primary N) is 1. The van der Waals surface area contributed by atoms with Gasteiger partial charge in [0.15, 0.2) is 0 Å². The topological polar surface area (TPSA) is 43.8 Å². The molecule has 1 saturated carbocycles. The van der Waals surface area contributed by atoms with Crippen LogP contribution in [-0.4, -0.2) is 9.78 Å². The zero-order valence-corrected chi connectivity index (χ0v) is 9.33. The van der Waals surface area contributed by atoms with E-state index in [2.05, 4.69) is 18.9 Å². The first-order chi connectivity index (χ1) is 6.65. The summed E-state index contributed by atoms with van der Waals surface area (Å²) in [4.78, 5) is 0. The molecule has 1 fully saturated rings. The molecule has 0 spiro atoms. The number of halogens is 1. The maximum atomic E-state index is 6.17. The van der Waals surface area contributed by atoms with Gasteiger partial charge in [-0.2, -0.15) is 5.10 Å². The molecule has 1 aromatic rings. The van der Waals surface area contributed by atoms with Crippen LogP contribution in [0.1, 0.15) is 32.0 Å². The zero-order valence-electron chi connectivity index (χ0n) is 8.57. The molecule has 1 heterocycles. The van der Waals surface area contributed by atoms with Crippen molar-refractivity contribution in [3.05, 3.63) is 16.9 Å². The van der Waals surface area contributed by atoms with E-state index in [9.17, 15) is 0 Å². The molecule has 78 valence electrons. The fourth-order valence-electron chi connectivity index (χ4n) is 2.01. The van der Waals surface area contributed by atoms with Crippen LogP contribution in [0.15, 0.2) is 6.20 Å². The van der Waals surface area contributed by atoms with E-state index < -0.39 is 0 Å². The highest BCUT2D eigenvalue weighted by Gasteiger charge is 2.40. The minimum atomic E-state index is 0.0555. The van der Waals surface area contributed by atoms with Crippen LogP contribution >= 0.6 is 11.6 Å². The molecule has 1 aromatic heterocycles. The average Bonchev–Trinajstić information content (AvgIpc) is 2.76. The van der Waals surface area contributed by atoms with Crippen LogP contribution in [0.2, 0.25) is 5.02 Å². The molecular formula is C10H16ClN3. The van der Waals surface area contributed by atoms with E-state index in [1.165, 1.54) is 6.42 Å². The lowest BCUT2D eigenvalue weighted by Crippen LogP contribution is -2.18. The average molecular weight is 214 g/mol. The second-order valence-electron chi connectivity index (χ2n) is 4.10. The van der Waals surface area contributed by atoms with Gasteiger partial charge < -0.3 is 5.73 Å². The molecule has 2 rings (SSSR count). The third-order valence-electron chi connectivity index (χ3n) is 3.08. The largest absolute Gasteiger partial charge is 0.322 e. The molecule has 3 nitrogen and oxygen atoms in total. The Morgan fingerprint density at radius 1 is 1.79 bits per heavy atom. The van der Waals surface area contributed by atoms with Gasteiger partial charge in [0.2, 0.25) is 0 Å². The number of nitrogens with zero attached hydrogens (tertiary/aromatic N) is 2. The Hall–Kier alpha value is -0.540. The molecule has 0 amide bonds. The summed E-state index contributed by atoms with van der Waals surface area (Å²) in [6.07, 6.45) is 2.90. The lowest BCUT2D eigenvalue weighted by Gasteiger charge is -2.13. The monoisotopic (exact) mass is 213 g/mol. The van der Waals surface area contributed by atoms with Gasteiger partial charge in [0.05, 0.1) is 23.0 Å². The standard InChI is InChI=1S/C10H16ClN3/c1-3-14-10(8(11)5-13-14)9(12)7-4-6(7)2/h5-7,9H,3-4,12H2,1-2H3. The Morgan fingerprint density at radius 2 is 2.43 bits per heavy atom. The summed E-state index contributed by atoms with van der Waals surface area (Å²) < 4.78 is 1.90. The van der Waals surface area contributed by atoms with E-state index in [0.29, 0.717) is 10.9 Å². The van der Waals surface area contributed by atoms with Crippen molar-refractivity contribution in [3.8, 4) is 0 Å². The van der Waals surface area contributed by atoms with Crippen LogP contribution in [0.5, 0.6) is 0 Å². The second-order valence-corrected chi connectivity index (χ2v) is 4.50. The highest BCUT2D eigenvalue weighted by Crippen LogP contribution is 2.46. The van der Waals surface area contributed by atoms with E-state index in [4.69, 9.17) is 17.3 Å². The molecule has 1 aliphatic carbocycles. The molecule has 4 heteroatoms. The van der Waals surface area contributed by atoms with E-state index in [1.807, 2.05) is 4.68 Å². The molecule has 0 radical (unpaired) electrons. The highest BCUT2D eigenvalue weighted by atomic mass is 35.5. The third kappa shape index (κ3) is 1.55. The Labute approximate surface area is 89.2 Å². The van der Waals surface area contributed by atoms with Crippen LogP contribution in [0, 0.1) is 11.8 Å². The lowest BCUT2D eigenvalue weighted by molar-refractivity contribution is 0.517. The molecular weight excluding hydrogens is 198 g/mol. The van der Waals surface area contributed by atoms with E-state index in [-0.39, 0.29) is 6.04 Å². The van der Waals surface area contributed by atoms with Crippen LogP contribution in [0.4, 0.5) is 0 Å². The van der Waals surface area contributed by atoms with Gasteiger partial charge in [-0.1, -0.05) is 18.5 Å². The van der Waals surface area contributed by atoms with Gasteiger partial charge in [-0.3, -0.25) is 4.68 Å². The van der Waals surface area contributed by atoms with Crippen LogP contribution in [-0.2, 0) is 6.54 Å². The van der Waals surface area contributed by atoms with Gasteiger partial charge >= 0.3 is 0 Å². The van der Waals surface area contributed by atoms with Gasteiger partial charge in [0.1, 0.15) is 0 Å². The summed E-state index contributed by atoms with van der Waals surface area (Å²) in [6.45, 7) is 5.11. The summed E-state index contributed by atoms with van der Waals surface area (Å²) in [7, 11) is 0. The van der Waals surface area contributed by atoms with Crippen LogP contribution < -0.4 is 5.73 Å². The van der Waals surface area contributed by atoms with E-state index in [0.717, 1.165) is 18.2 Å². The number of rotatable bonds is 3. The van der Waals surface area contributed by atoms with Gasteiger partial charge in [0, 0.05) is 6.54 Å². The van der Waals surface area contributed by atoms with Gasteiger partial charge in [-0.15, -0.1) is 0 Å². The Bertz CT molecular complexity index is 334. The first-order valence-corrected chi connectivity index (χ1v) is 5.49. The SMILES string of the molecule is CCn1ncc(Cl)c1C(N)C1CC1C. The second kappa shape index (κ2) is 3.55. The molecule has 0 bridgehead atoms. The highest BCUT2D eigenvalue weighted by molar-refractivity contribution is 6.31. The normalized spacial score (nSPS) is 27.7. The number of hydrogen-bond acceptors (Lipinski definition) is 2. The fourth-order valence-corrected chi connectivity index (χ4v) is 2.28. The Balaban J connectivity index is 2.25. The minimum absolute atomic E-state index is 0.0555. The molecule has 0 aromatic carbocycles. The predicted molar refractivity (Wildman–Crippen MR) is 57.1 cm³/mol. The molecule has 1 aliphatic rings. The third-order valence-corrected chi connectivity index (χ3v) is 3.37. The summed E-state index contributed by atoms with van der Waals surface area (Å²) in [5.74, 6) is 1.33. The van der Waals surface area contributed by atoms with Gasteiger partial charge in [-0.25, -0.2) is 0 Å². The number of aryl methyl sites for hydroxylation is 1. The smallest absolute Gasteiger partial charge is 0.0834 e. The Morgan fingerprint density at radius 3 is 2.93 bits per heavy atom. The van der Waals surface area contributed by atoms with Crippen molar-refractivity contribution < 1.29 is 0 Å². The molecule has 3 atom stereocenters. The summed E-state index contributed by atoms with van der Waals surface area (Å²) >= 11 is 6.07. The maximum absolute atomic E-state index is 6.17. The minimum Gasteiger partial charge on any atom is -0.322 e. The first kappa shape index (κ1) is 9.99. The maximum Gasteiger partial charge on any atom is 0.0834 e. The van der Waals surface area contributed by atoms with Gasteiger partial charge in [-0.05, 0) is 25.2 Å². The summed E-state index contributed by atoms with van der Waals surface area (Å²) in [5.41, 5.74) is 7.17. The number of hydrogen-bond donors (Lipinski definition) is 1. The van der Waals surface area contributed by atoms with Crippen molar-refractivity contribution in [2.75, 3.05) is 0 Å². The first-order valence-electron chi connectivity index (χ1n) is 5.12. The quantitative estimate of drug-likeness (QED) is 0.837. The molecule has 0 saturated heterocycles. The fraction of sp³-hybridized carbons (Fsp3) is 0.700. The predicted octanol–water partition coefficient (Wildman–Crippen LogP) is 2.21. The van der Waals surface area contributed by atoms with Crippen molar-refractivity contribution >= 4 is 11.6 Å². The van der Waals surface area contributed by atoms with Crippen molar-refractivity contribution in [3.63, 3.8) is 0 Å². The van der Waals surface area contributed by atoms with Gasteiger partial charge in [0.25, 0.3) is 0 Å².